The summed E-state index contributed by atoms with van der Waals surface area (Å²) in [6.45, 7) is 1.96. The number of nitro benzene ring substituents is 1. The molecule has 1 saturated carbocycles. The van der Waals surface area contributed by atoms with Crippen molar-refractivity contribution in [2.45, 2.75) is 32.2 Å². The summed E-state index contributed by atoms with van der Waals surface area (Å²) in [5.74, 6) is 0. The first-order chi connectivity index (χ1) is 7.16. The van der Waals surface area contributed by atoms with Crippen molar-refractivity contribution in [3.8, 4) is 0 Å². The highest BCUT2D eigenvalue weighted by molar-refractivity contribution is 5.57. The zero-order valence-corrected chi connectivity index (χ0v) is 8.69. The standard InChI is InChI=1S/C11H14N2O2/c1-8-5-6-10(13(14)15)7-11(8)12-9-3-2-4-9/h5-7,9,12H,2-4H2,1H3. The third kappa shape index (κ3) is 2.09. The lowest BCUT2D eigenvalue weighted by molar-refractivity contribution is -0.384. The van der Waals surface area contributed by atoms with Crippen LogP contribution in [0.3, 0.4) is 0 Å². The van der Waals surface area contributed by atoms with Gasteiger partial charge in [-0.1, -0.05) is 6.07 Å². The molecule has 1 fully saturated rings. The number of anilines is 1. The number of nitro groups is 1. The number of rotatable bonds is 3. The fraction of sp³-hybridized carbons (Fsp3) is 0.455. The monoisotopic (exact) mass is 206 g/mol. The molecule has 4 nitrogen and oxygen atoms in total. The lowest BCUT2D eigenvalue weighted by Crippen LogP contribution is -2.27. The second-order valence-electron chi connectivity index (χ2n) is 4.03. The quantitative estimate of drug-likeness (QED) is 0.611. The highest BCUT2D eigenvalue weighted by Crippen LogP contribution is 2.27. The van der Waals surface area contributed by atoms with Crippen LogP contribution in [0.4, 0.5) is 11.4 Å². The van der Waals surface area contributed by atoms with Crippen molar-refractivity contribution in [2.75, 3.05) is 5.32 Å². The molecule has 0 radical (unpaired) electrons. The largest absolute Gasteiger partial charge is 0.382 e. The molecular formula is C11H14N2O2. The molecule has 1 N–H and O–H groups in total. The van der Waals surface area contributed by atoms with E-state index in [1.807, 2.05) is 6.92 Å². The van der Waals surface area contributed by atoms with E-state index >= 15 is 0 Å². The first kappa shape index (κ1) is 9.96. The number of hydrogen-bond donors (Lipinski definition) is 1. The van der Waals surface area contributed by atoms with Crippen LogP contribution in [0.25, 0.3) is 0 Å². The van der Waals surface area contributed by atoms with Gasteiger partial charge in [0, 0.05) is 23.9 Å². The van der Waals surface area contributed by atoms with Gasteiger partial charge in [0.05, 0.1) is 4.92 Å². The Hall–Kier alpha value is -1.58. The molecule has 0 bridgehead atoms. The molecule has 0 amide bonds. The Morgan fingerprint density at radius 1 is 1.47 bits per heavy atom. The molecule has 0 aliphatic heterocycles. The van der Waals surface area contributed by atoms with Gasteiger partial charge in [0.25, 0.3) is 5.69 Å². The Bertz CT molecular complexity index is 386. The molecule has 1 aromatic rings. The Morgan fingerprint density at radius 2 is 2.20 bits per heavy atom. The second kappa shape index (κ2) is 3.88. The summed E-state index contributed by atoms with van der Waals surface area (Å²) >= 11 is 0. The van der Waals surface area contributed by atoms with Gasteiger partial charge in [-0.3, -0.25) is 10.1 Å². The fourth-order valence-electron chi connectivity index (χ4n) is 1.65. The van der Waals surface area contributed by atoms with Crippen molar-refractivity contribution < 1.29 is 4.92 Å². The topological polar surface area (TPSA) is 55.2 Å². The predicted molar refractivity (Wildman–Crippen MR) is 59.1 cm³/mol. The smallest absolute Gasteiger partial charge is 0.271 e. The molecule has 0 heterocycles. The zero-order chi connectivity index (χ0) is 10.8. The van der Waals surface area contributed by atoms with Crippen LogP contribution < -0.4 is 5.32 Å². The normalized spacial score (nSPS) is 15.8. The van der Waals surface area contributed by atoms with Crippen molar-refractivity contribution in [1.29, 1.82) is 0 Å². The van der Waals surface area contributed by atoms with Gasteiger partial charge in [-0.15, -0.1) is 0 Å². The number of benzene rings is 1. The van der Waals surface area contributed by atoms with E-state index in [9.17, 15) is 10.1 Å². The van der Waals surface area contributed by atoms with E-state index in [-0.39, 0.29) is 10.6 Å². The molecule has 0 aromatic heterocycles. The van der Waals surface area contributed by atoms with E-state index < -0.39 is 0 Å². The summed E-state index contributed by atoms with van der Waals surface area (Å²) in [6.07, 6.45) is 3.59. The minimum atomic E-state index is -0.356. The SMILES string of the molecule is Cc1ccc([N+](=O)[O-])cc1NC1CCC1. The van der Waals surface area contributed by atoms with E-state index in [1.54, 1.807) is 18.2 Å². The van der Waals surface area contributed by atoms with E-state index in [4.69, 9.17) is 0 Å². The third-order valence-electron chi connectivity index (χ3n) is 2.90. The number of aryl methyl sites for hydroxylation is 1. The van der Waals surface area contributed by atoms with Gasteiger partial charge >= 0.3 is 0 Å². The number of nitrogens with zero attached hydrogens (tertiary/aromatic N) is 1. The van der Waals surface area contributed by atoms with Crippen molar-refractivity contribution >= 4 is 11.4 Å². The first-order valence-corrected chi connectivity index (χ1v) is 5.18. The van der Waals surface area contributed by atoms with Crippen LogP contribution in [0, 0.1) is 17.0 Å². The van der Waals surface area contributed by atoms with Crippen LogP contribution in [-0.2, 0) is 0 Å². The van der Waals surface area contributed by atoms with Crippen molar-refractivity contribution in [3.05, 3.63) is 33.9 Å². The highest BCUT2D eigenvalue weighted by atomic mass is 16.6. The van der Waals surface area contributed by atoms with Crippen molar-refractivity contribution in [3.63, 3.8) is 0 Å². The van der Waals surface area contributed by atoms with Gasteiger partial charge < -0.3 is 5.32 Å². The Morgan fingerprint density at radius 3 is 2.73 bits per heavy atom. The number of non-ortho nitro benzene ring substituents is 1. The average molecular weight is 206 g/mol. The summed E-state index contributed by atoms with van der Waals surface area (Å²) < 4.78 is 0. The van der Waals surface area contributed by atoms with E-state index in [0.29, 0.717) is 6.04 Å². The summed E-state index contributed by atoms with van der Waals surface area (Å²) in [5, 5.41) is 13.9. The maximum absolute atomic E-state index is 10.6. The Kier molecular flexibility index (Phi) is 2.58. The van der Waals surface area contributed by atoms with Gasteiger partial charge in [-0.2, -0.15) is 0 Å². The van der Waals surface area contributed by atoms with Crippen LogP contribution in [0.5, 0.6) is 0 Å². The lowest BCUT2D eigenvalue weighted by Gasteiger charge is -2.28. The second-order valence-corrected chi connectivity index (χ2v) is 4.03. The maximum Gasteiger partial charge on any atom is 0.271 e. The summed E-state index contributed by atoms with van der Waals surface area (Å²) in [4.78, 5) is 10.3. The molecule has 0 atom stereocenters. The molecule has 1 aromatic carbocycles. The molecule has 0 spiro atoms. The third-order valence-corrected chi connectivity index (χ3v) is 2.90. The Labute approximate surface area is 88.5 Å². The van der Waals surface area contributed by atoms with Crippen molar-refractivity contribution in [2.24, 2.45) is 0 Å². The van der Waals surface area contributed by atoms with Gasteiger partial charge in [0.1, 0.15) is 0 Å². The van der Waals surface area contributed by atoms with Crippen LogP contribution in [0.15, 0.2) is 18.2 Å². The minimum Gasteiger partial charge on any atom is -0.382 e. The summed E-state index contributed by atoms with van der Waals surface area (Å²) in [7, 11) is 0. The van der Waals surface area contributed by atoms with E-state index in [0.717, 1.165) is 11.3 Å². The molecule has 2 rings (SSSR count). The first-order valence-electron chi connectivity index (χ1n) is 5.18. The molecule has 1 aliphatic carbocycles. The van der Waals surface area contributed by atoms with Gasteiger partial charge in [0.15, 0.2) is 0 Å². The highest BCUT2D eigenvalue weighted by Gasteiger charge is 2.18. The molecule has 80 valence electrons. The van der Waals surface area contributed by atoms with Crippen LogP contribution in [0.1, 0.15) is 24.8 Å². The van der Waals surface area contributed by atoms with E-state index in [2.05, 4.69) is 5.32 Å². The fourth-order valence-corrected chi connectivity index (χ4v) is 1.65. The maximum atomic E-state index is 10.6. The van der Waals surface area contributed by atoms with Crippen LogP contribution in [0.2, 0.25) is 0 Å². The molecule has 1 aliphatic rings. The Balaban J connectivity index is 2.19. The van der Waals surface area contributed by atoms with Gasteiger partial charge in [0.2, 0.25) is 0 Å². The van der Waals surface area contributed by atoms with Gasteiger partial charge in [-0.05, 0) is 31.7 Å². The molecule has 15 heavy (non-hydrogen) atoms. The molecular weight excluding hydrogens is 192 g/mol. The number of nitrogens with one attached hydrogen (secondary N) is 1. The summed E-state index contributed by atoms with van der Waals surface area (Å²) in [5.41, 5.74) is 2.11. The predicted octanol–water partition coefficient (Wildman–Crippen LogP) is 2.87. The van der Waals surface area contributed by atoms with Crippen molar-refractivity contribution in [1.82, 2.24) is 0 Å². The molecule has 0 saturated heterocycles. The van der Waals surface area contributed by atoms with Gasteiger partial charge in [-0.25, -0.2) is 0 Å². The van der Waals surface area contributed by atoms with Crippen LogP contribution >= 0.6 is 0 Å². The summed E-state index contributed by atoms with van der Waals surface area (Å²) in [6, 6.07) is 5.46. The average Bonchev–Trinajstić information content (AvgIpc) is 2.13. The number of hydrogen-bond acceptors (Lipinski definition) is 3. The lowest BCUT2D eigenvalue weighted by atomic mass is 9.92. The molecule has 4 heteroatoms. The van der Waals surface area contributed by atoms with Crippen LogP contribution in [-0.4, -0.2) is 11.0 Å². The molecule has 0 unspecified atom stereocenters. The van der Waals surface area contributed by atoms with E-state index in [1.165, 1.54) is 19.3 Å². The zero-order valence-electron chi connectivity index (χ0n) is 8.69. The minimum absolute atomic E-state index is 0.155.